The van der Waals surface area contributed by atoms with Crippen LogP contribution in [0.1, 0.15) is 50.5 Å². The molecule has 0 atom stereocenters. The van der Waals surface area contributed by atoms with Crippen LogP contribution in [0.5, 0.6) is 0 Å². The van der Waals surface area contributed by atoms with Gasteiger partial charge in [0.25, 0.3) is 0 Å². The van der Waals surface area contributed by atoms with Crippen LogP contribution in [0.15, 0.2) is 24.3 Å². The number of hydrogen-bond donors (Lipinski definition) is 1. The Bertz CT molecular complexity index is 410. The van der Waals surface area contributed by atoms with E-state index in [4.69, 9.17) is 0 Å². The molecule has 0 spiro atoms. The summed E-state index contributed by atoms with van der Waals surface area (Å²) in [7, 11) is 0. The second-order valence-corrected chi connectivity index (χ2v) is 6.52. The highest BCUT2D eigenvalue weighted by Crippen LogP contribution is 2.27. The van der Waals surface area contributed by atoms with Gasteiger partial charge < -0.3 is 5.32 Å². The third kappa shape index (κ3) is 5.28. The van der Waals surface area contributed by atoms with Gasteiger partial charge in [0.15, 0.2) is 0 Å². The highest BCUT2D eigenvalue weighted by atomic mass is 79.9. The van der Waals surface area contributed by atoms with Crippen molar-refractivity contribution in [1.29, 1.82) is 0 Å². The van der Waals surface area contributed by atoms with Crippen molar-refractivity contribution >= 4 is 27.5 Å². The summed E-state index contributed by atoms with van der Waals surface area (Å²) in [6.45, 7) is 0. The third-order valence-corrected chi connectivity index (χ3v) is 4.52. The minimum Gasteiger partial charge on any atom is -0.326 e. The molecule has 1 saturated carbocycles. The number of carbonyl (C=O) groups excluding carboxylic acids is 1. The van der Waals surface area contributed by atoms with E-state index in [1.807, 2.05) is 12.1 Å². The normalized spacial score (nSPS) is 16.1. The fourth-order valence-corrected chi connectivity index (χ4v) is 3.36. The molecule has 0 aliphatic heterocycles. The summed E-state index contributed by atoms with van der Waals surface area (Å²) in [5.41, 5.74) is 2.21. The lowest BCUT2D eigenvalue weighted by Gasteiger charge is -2.21. The number of halogens is 1. The van der Waals surface area contributed by atoms with E-state index < -0.39 is 0 Å². The van der Waals surface area contributed by atoms with Gasteiger partial charge in [0.05, 0.1) is 0 Å². The average Bonchev–Trinajstić information content (AvgIpc) is 2.49. The molecule has 0 radical (unpaired) electrons. The molecule has 1 aromatic carbocycles. The van der Waals surface area contributed by atoms with Gasteiger partial charge in [0.2, 0.25) is 5.91 Å². The lowest BCUT2D eigenvalue weighted by molar-refractivity contribution is -0.116. The Labute approximate surface area is 130 Å². The molecule has 0 heterocycles. The van der Waals surface area contributed by atoms with Crippen molar-refractivity contribution in [1.82, 2.24) is 0 Å². The monoisotopic (exact) mass is 337 g/mol. The van der Waals surface area contributed by atoms with Crippen LogP contribution in [0.2, 0.25) is 0 Å². The first-order valence-corrected chi connectivity index (χ1v) is 8.85. The molecule has 0 saturated heterocycles. The van der Waals surface area contributed by atoms with Crippen LogP contribution in [0, 0.1) is 5.92 Å². The van der Waals surface area contributed by atoms with Gasteiger partial charge in [-0.25, -0.2) is 0 Å². The fraction of sp³-hybridized carbons (Fsp3) is 0.588. The van der Waals surface area contributed by atoms with Gasteiger partial charge in [-0.15, -0.1) is 0 Å². The Morgan fingerprint density at radius 3 is 2.50 bits per heavy atom. The molecule has 0 aromatic heterocycles. The number of rotatable bonds is 6. The Kier molecular flexibility index (Phi) is 6.58. The Morgan fingerprint density at radius 2 is 1.85 bits per heavy atom. The van der Waals surface area contributed by atoms with E-state index in [9.17, 15) is 4.79 Å². The van der Waals surface area contributed by atoms with E-state index in [1.54, 1.807) is 0 Å². The molecule has 1 N–H and O–H groups in total. The summed E-state index contributed by atoms with van der Waals surface area (Å²) < 4.78 is 0. The summed E-state index contributed by atoms with van der Waals surface area (Å²) in [5, 5.41) is 3.97. The molecule has 20 heavy (non-hydrogen) atoms. The molecule has 1 aliphatic carbocycles. The first kappa shape index (κ1) is 15.6. The summed E-state index contributed by atoms with van der Waals surface area (Å²) >= 11 is 3.43. The zero-order valence-electron chi connectivity index (χ0n) is 12.0. The van der Waals surface area contributed by atoms with Gasteiger partial charge in [-0.1, -0.05) is 60.2 Å². The van der Waals surface area contributed by atoms with Crippen LogP contribution in [0.3, 0.4) is 0 Å². The van der Waals surface area contributed by atoms with Gasteiger partial charge in [-0.2, -0.15) is 0 Å². The van der Waals surface area contributed by atoms with Crippen LogP contribution in [0.4, 0.5) is 5.69 Å². The molecule has 3 heteroatoms. The number of anilines is 1. The van der Waals surface area contributed by atoms with E-state index in [2.05, 4.69) is 33.4 Å². The zero-order chi connectivity index (χ0) is 14.2. The van der Waals surface area contributed by atoms with Gasteiger partial charge in [-0.3, -0.25) is 4.79 Å². The molecular formula is C17H24BrNO. The lowest BCUT2D eigenvalue weighted by Crippen LogP contribution is -2.14. The van der Waals surface area contributed by atoms with Crippen LogP contribution in [-0.2, 0) is 11.2 Å². The van der Waals surface area contributed by atoms with E-state index in [0.717, 1.165) is 29.8 Å². The quantitative estimate of drug-likeness (QED) is 0.733. The highest BCUT2D eigenvalue weighted by molar-refractivity contribution is 9.09. The second-order valence-electron chi connectivity index (χ2n) is 5.73. The molecule has 1 aromatic rings. The molecule has 0 unspecified atom stereocenters. The third-order valence-electron chi connectivity index (χ3n) is 4.13. The Balaban J connectivity index is 1.73. The van der Waals surface area contributed by atoms with Crippen LogP contribution < -0.4 is 5.32 Å². The number of amides is 1. The average molecular weight is 338 g/mol. The number of hydrogen-bond acceptors (Lipinski definition) is 1. The van der Waals surface area contributed by atoms with Crippen molar-refractivity contribution in [3.05, 3.63) is 29.8 Å². The molecule has 2 rings (SSSR count). The van der Waals surface area contributed by atoms with E-state index >= 15 is 0 Å². The second kappa shape index (κ2) is 8.46. The topological polar surface area (TPSA) is 29.1 Å². The van der Waals surface area contributed by atoms with Gasteiger partial charge in [0.1, 0.15) is 0 Å². The smallest absolute Gasteiger partial charge is 0.224 e. The first-order valence-electron chi connectivity index (χ1n) is 7.72. The summed E-state index contributed by atoms with van der Waals surface area (Å²) in [6, 6.07) is 8.16. The minimum absolute atomic E-state index is 0.156. The number of carbonyl (C=O) groups is 1. The molecule has 2 nitrogen and oxygen atoms in total. The maximum Gasteiger partial charge on any atom is 0.224 e. The summed E-state index contributed by atoms with van der Waals surface area (Å²) in [5.74, 6) is 0.930. The van der Waals surface area contributed by atoms with Gasteiger partial charge in [0, 0.05) is 17.4 Å². The SMILES string of the molecule is O=C(CCC1CCCCC1)Nc1ccc(CCBr)cc1. The Hall–Kier alpha value is -0.830. The number of nitrogens with one attached hydrogen (secondary N) is 1. The van der Waals surface area contributed by atoms with Gasteiger partial charge in [-0.05, 0) is 36.5 Å². The lowest BCUT2D eigenvalue weighted by atomic mass is 9.86. The predicted octanol–water partition coefficient (Wildman–Crippen LogP) is 4.92. The number of benzene rings is 1. The standard InChI is InChI=1S/C17H24BrNO/c18-13-12-15-6-9-16(10-7-15)19-17(20)11-8-14-4-2-1-3-5-14/h6-7,9-10,14H,1-5,8,11-13H2,(H,19,20). The maximum atomic E-state index is 11.9. The maximum absolute atomic E-state index is 11.9. The van der Waals surface area contributed by atoms with Crippen LogP contribution >= 0.6 is 15.9 Å². The first-order chi connectivity index (χ1) is 9.78. The number of aryl methyl sites for hydroxylation is 1. The van der Waals surface area contributed by atoms with E-state index in [1.165, 1.54) is 37.7 Å². The number of alkyl halides is 1. The van der Waals surface area contributed by atoms with Crippen LogP contribution in [0.25, 0.3) is 0 Å². The summed E-state index contributed by atoms with van der Waals surface area (Å²) in [4.78, 5) is 11.9. The van der Waals surface area contributed by atoms with Crippen molar-refractivity contribution in [3.63, 3.8) is 0 Å². The largest absolute Gasteiger partial charge is 0.326 e. The highest BCUT2D eigenvalue weighted by Gasteiger charge is 2.14. The Morgan fingerprint density at radius 1 is 1.15 bits per heavy atom. The van der Waals surface area contributed by atoms with Crippen molar-refractivity contribution < 1.29 is 4.79 Å². The molecule has 1 aliphatic rings. The van der Waals surface area contributed by atoms with Crippen molar-refractivity contribution in [2.75, 3.05) is 10.6 Å². The molecule has 1 amide bonds. The van der Waals surface area contributed by atoms with Crippen molar-refractivity contribution in [2.45, 2.75) is 51.4 Å². The predicted molar refractivity (Wildman–Crippen MR) is 88.4 cm³/mol. The van der Waals surface area contributed by atoms with Crippen LogP contribution in [-0.4, -0.2) is 11.2 Å². The molecule has 0 bridgehead atoms. The van der Waals surface area contributed by atoms with E-state index in [0.29, 0.717) is 6.42 Å². The van der Waals surface area contributed by atoms with E-state index in [-0.39, 0.29) is 5.91 Å². The molecular weight excluding hydrogens is 314 g/mol. The summed E-state index contributed by atoms with van der Waals surface area (Å²) in [6.07, 6.45) is 9.44. The zero-order valence-corrected chi connectivity index (χ0v) is 13.6. The van der Waals surface area contributed by atoms with Crippen molar-refractivity contribution in [2.24, 2.45) is 5.92 Å². The molecule has 110 valence electrons. The molecule has 1 fully saturated rings. The minimum atomic E-state index is 0.156. The van der Waals surface area contributed by atoms with Crippen molar-refractivity contribution in [3.8, 4) is 0 Å². The fourth-order valence-electron chi connectivity index (χ4n) is 2.90. The van der Waals surface area contributed by atoms with Gasteiger partial charge >= 0.3 is 0 Å².